The van der Waals surface area contributed by atoms with Crippen LogP contribution >= 0.6 is 0 Å². The fourth-order valence-corrected chi connectivity index (χ4v) is 2.11. The van der Waals surface area contributed by atoms with Crippen LogP contribution in [0.25, 0.3) is 0 Å². The van der Waals surface area contributed by atoms with Gasteiger partial charge < -0.3 is 15.1 Å². The van der Waals surface area contributed by atoms with Gasteiger partial charge in [-0.15, -0.1) is 0 Å². The molecular formula is C13H19N3O. The number of benzene rings is 1. The number of piperazine rings is 1. The highest BCUT2D eigenvalue weighted by Gasteiger charge is 2.29. The van der Waals surface area contributed by atoms with Crippen LogP contribution in [-0.2, 0) is 4.79 Å². The van der Waals surface area contributed by atoms with Gasteiger partial charge in [0.1, 0.15) is 6.04 Å². The summed E-state index contributed by atoms with van der Waals surface area (Å²) in [4.78, 5) is 16.2. The van der Waals surface area contributed by atoms with Gasteiger partial charge in [0.05, 0.1) is 0 Å². The summed E-state index contributed by atoms with van der Waals surface area (Å²) in [6, 6.07) is 9.76. The Labute approximate surface area is 102 Å². The van der Waals surface area contributed by atoms with Gasteiger partial charge in [-0.05, 0) is 26.2 Å². The average Bonchev–Trinajstić information content (AvgIpc) is 2.32. The summed E-state index contributed by atoms with van der Waals surface area (Å²) in [6.07, 6.45) is 0. The molecule has 1 aliphatic rings. The molecule has 2 rings (SSSR count). The van der Waals surface area contributed by atoms with E-state index < -0.39 is 0 Å². The van der Waals surface area contributed by atoms with Gasteiger partial charge in [-0.25, -0.2) is 0 Å². The predicted molar refractivity (Wildman–Crippen MR) is 69.1 cm³/mol. The molecule has 0 aliphatic carbocycles. The smallest absolute Gasteiger partial charge is 0.245 e. The van der Waals surface area contributed by atoms with Gasteiger partial charge in [-0.2, -0.15) is 0 Å². The van der Waals surface area contributed by atoms with E-state index >= 15 is 0 Å². The van der Waals surface area contributed by atoms with Crippen molar-refractivity contribution in [1.82, 2.24) is 10.2 Å². The van der Waals surface area contributed by atoms with E-state index in [1.54, 1.807) is 0 Å². The molecule has 0 aromatic heterocycles. The topological polar surface area (TPSA) is 35.6 Å². The van der Waals surface area contributed by atoms with E-state index in [0.29, 0.717) is 0 Å². The van der Waals surface area contributed by atoms with Crippen LogP contribution in [-0.4, -0.2) is 50.6 Å². The number of carbonyl (C=O) groups excluding carboxylic acids is 1. The van der Waals surface area contributed by atoms with Crippen molar-refractivity contribution in [3.63, 3.8) is 0 Å². The molecule has 4 heteroatoms. The first-order chi connectivity index (χ1) is 8.18. The molecule has 1 aromatic rings. The van der Waals surface area contributed by atoms with E-state index in [1.165, 1.54) is 0 Å². The fourth-order valence-electron chi connectivity index (χ4n) is 2.11. The molecule has 0 saturated carbocycles. The number of amides is 1. The van der Waals surface area contributed by atoms with Crippen molar-refractivity contribution in [2.75, 3.05) is 38.6 Å². The zero-order chi connectivity index (χ0) is 12.3. The normalized spacial score (nSPS) is 21.0. The highest BCUT2D eigenvalue weighted by Crippen LogP contribution is 2.16. The Morgan fingerprint density at radius 2 is 2.06 bits per heavy atom. The van der Waals surface area contributed by atoms with Gasteiger partial charge in [0, 0.05) is 25.3 Å². The van der Waals surface area contributed by atoms with Gasteiger partial charge in [-0.3, -0.25) is 4.79 Å². The largest absolute Gasteiger partial charge is 0.310 e. The van der Waals surface area contributed by atoms with Crippen molar-refractivity contribution < 1.29 is 4.79 Å². The Balaban J connectivity index is 2.11. The second kappa shape index (κ2) is 5.29. The molecule has 1 saturated heterocycles. The van der Waals surface area contributed by atoms with Gasteiger partial charge >= 0.3 is 0 Å². The minimum atomic E-state index is -0.0982. The summed E-state index contributed by atoms with van der Waals surface area (Å²) in [7, 11) is 3.97. The van der Waals surface area contributed by atoms with Gasteiger partial charge in [0.25, 0.3) is 0 Å². The second-order valence-electron chi connectivity index (χ2n) is 4.59. The summed E-state index contributed by atoms with van der Waals surface area (Å²) in [5.41, 5.74) is 0.989. The number of likely N-dealkylation sites (N-methyl/N-ethyl adjacent to an activating group) is 1. The average molecular weight is 233 g/mol. The molecule has 1 aliphatic heterocycles. The molecule has 1 aromatic carbocycles. The molecule has 1 atom stereocenters. The van der Waals surface area contributed by atoms with Gasteiger partial charge in [-0.1, -0.05) is 18.2 Å². The first-order valence-electron chi connectivity index (χ1n) is 5.93. The standard InChI is InChI=1S/C13H19N3O/c1-15(2)10-12-13(17)16(9-8-14-12)11-6-4-3-5-7-11/h3-7,12,14H,8-10H2,1-2H3. The predicted octanol–water partition coefficient (Wildman–Crippen LogP) is 0.553. The molecule has 1 fully saturated rings. The van der Waals surface area contributed by atoms with Crippen LogP contribution in [0.4, 0.5) is 5.69 Å². The maximum Gasteiger partial charge on any atom is 0.245 e. The molecule has 17 heavy (non-hydrogen) atoms. The summed E-state index contributed by atoms with van der Waals surface area (Å²) in [5, 5.41) is 3.27. The molecule has 92 valence electrons. The van der Waals surface area contributed by atoms with Crippen LogP contribution < -0.4 is 10.2 Å². The second-order valence-corrected chi connectivity index (χ2v) is 4.59. The molecule has 1 unspecified atom stereocenters. The minimum Gasteiger partial charge on any atom is -0.310 e. The minimum absolute atomic E-state index is 0.0982. The number of nitrogens with one attached hydrogen (secondary N) is 1. The number of anilines is 1. The third-order valence-corrected chi connectivity index (χ3v) is 2.91. The van der Waals surface area contributed by atoms with Crippen LogP contribution in [0, 0.1) is 0 Å². The summed E-state index contributed by atoms with van der Waals surface area (Å²) >= 11 is 0. The molecule has 0 radical (unpaired) electrons. The van der Waals surface area contributed by atoms with E-state index in [4.69, 9.17) is 0 Å². The maximum atomic E-state index is 12.3. The highest BCUT2D eigenvalue weighted by molar-refractivity contribution is 5.98. The number of nitrogens with zero attached hydrogens (tertiary/aromatic N) is 2. The zero-order valence-electron chi connectivity index (χ0n) is 10.4. The third-order valence-electron chi connectivity index (χ3n) is 2.91. The van der Waals surface area contributed by atoms with Crippen LogP contribution in [0.5, 0.6) is 0 Å². The van der Waals surface area contributed by atoms with Crippen LogP contribution in [0.3, 0.4) is 0 Å². The van der Waals surface area contributed by atoms with Crippen molar-refractivity contribution in [3.05, 3.63) is 30.3 Å². The zero-order valence-corrected chi connectivity index (χ0v) is 10.4. The Bertz CT molecular complexity index is 378. The molecule has 0 spiro atoms. The van der Waals surface area contributed by atoms with E-state index in [2.05, 4.69) is 5.32 Å². The number of para-hydroxylation sites is 1. The SMILES string of the molecule is CN(C)CC1NCCN(c2ccccc2)C1=O. The van der Waals surface area contributed by atoms with Crippen molar-refractivity contribution in [1.29, 1.82) is 0 Å². The van der Waals surface area contributed by atoms with Crippen molar-refractivity contribution in [2.45, 2.75) is 6.04 Å². The summed E-state index contributed by atoms with van der Waals surface area (Å²) in [5.74, 6) is 0.163. The van der Waals surface area contributed by atoms with Crippen LogP contribution in [0.1, 0.15) is 0 Å². The Hall–Kier alpha value is -1.39. The first-order valence-corrected chi connectivity index (χ1v) is 5.93. The molecule has 1 amide bonds. The Kier molecular flexibility index (Phi) is 3.76. The van der Waals surface area contributed by atoms with Crippen LogP contribution in [0.15, 0.2) is 30.3 Å². The van der Waals surface area contributed by atoms with Gasteiger partial charge in [0.2, 0.25) is 5.91 Å². The molecular weight excluding hydrogens is 214 g/mol. The third kappa shape index (κ3) is 2.84. The van der Waals surface area contributed by atoms with E-state index in [0.717, 1.165) is 25.3 Å². The summed E-state index contributed by atoms with van der Waals surface area (Å²) < 4.78 is 0. The number of rotatable bonds is 3. The lowest BCUT2D eigenvalue weighted by Gasteiger charge is -2.34. The monoisotopic (exact) mass is 233 g/mol. The fraction of sp³-hybridized carbons (Fsp3) is 0.462. The van der Waals surface area contributed by atoms with Crippen molar-refractivity contribution >= 4 is 11.6 Å². The molecule has 4 nitrogen and oxygen atoms in total. The van der Waals surface area contributed by atoms with E-state index in [9.17, 15) is 4.79 Å². The molecule has 1 heterocycles. The number of hydrogen-bond donors (Lipinski definition) is 1. The number of carbonyl (C=O) groups is 1. The van der Waals surface area contributed by atoms with Crippen LogP contribution in [0.2, 0.25) is 0 Å². The van der Waals surface area contributed by atoms with E-state index in [1.807, 2.05) is 54.2 Å². The first kappa shape index (κ1) is 12.1. The lowest BCUT2D eigenvalue weighted by atomic mass is 10.1. The Morgan fingerprint density at radius 1 is 1.35 bits per heavy atom. The van der Waals surface area contributed by atoms with Gasteiger partial charge in [0.15, 0.2) is 0 Å². The van der Waals surface area contributed by atoms with E-state index in [-0.39, 0.29) is 11.9 Å². The quantitative estimate of drug-likeness (QED) is 0.828. The molecule has 1 N–H and O–H groups in total. The lowest BCUT2D eigenvalue weighted by molar-refractivity contribution is -0.121. The molecule has 0 bridgehead atoms. The lowest BCUT2D eigenvalue weighted by Crippen LogP contribution is -2.58. The Morgan fingerprint density at radius 3 is 2.71 bits per heavy atom. The van der Waals surface area contributed by atoms with Crippen molar-refractivity contribution in [3.8, 4) is 0 Å². The summed E-state index contributed by atoms with van der Waals surface area (Å²) in [6.45, 7) is 2.33. The van der Waals surface area contributed by atoms with Crippen molar-refractivity contribution in [2.24, 2.45) is 0 Å². The maximum absolute atomic E-state index is 12.3. The highest BCUT2D eigenvalue weighted by atomic mass is 16.2. The number of hydrogen-bond acceptors (Lipinski definition) is 3.